The zero-order valence-electron chi connectivity index (χ0n) is 16.7. The quantitative estimate of drug-likeness (QED) is 0.556. The van der Waals surface area contributed by atoms with Gasteiger partial charge in [-0.2, -0.15) is 0 Å². The van der Waals surface area contributed by atoms with Gasteiger partial charge in [0.2, 0.25) is 12.4 Å². The van der Waals surface area contributed by atoms with Crippen molar-refractivity contribution in [1.82, 2.24) is 0 Å². The Kier molecular flexibility index (Phi) is 6.41. The van der Waals surface area contributed by atoms with Crippen LogP contribution in [0.4, 0.5) is 0 Å². The lowest BCUT2D eigenvalue weighted by molar-refractivity contribution is -0.170. The molecule has 1 saturated heterocycles. The molecule has 3 rings (SSSR count). The fourth-order valence-electron chi connectivity index (χ4n) is 3.20. The Morgan fingerprint density at radius 2 is 1.53 bits per heavy atom. The first-order valence-corrected chi connectivity index (χ1v) is 9.26. The third-order valence-electron chi connectivity index (χ3n) is 4.39. The highest BCUT2D eigenvalue weighted by Gasteiger charge is 2.51. The van der Waals surface area contributed by atoms with Crippen LogP contribution in [0.15, 0.2) is 36.4 Å². The summed E-state index contributed by atoms with van der Waals surface area (Å²) in [7, 11) is 0. The molecule has 1 aliphatic heterocycles. The number of fused-ring (bicyclic) bond motifs is 1. The van der Waals surface area contributed by atoms with E-state index in [1.807, 2.05) is 24.3 Å². The van der Waals surface area contributed by atoms with Crippen LogP contribution in [0.3, 0.4) is 0 Å². The molecule has 1 heterocycles. The molecule has 0 radical (unpaired) electrons. The molecule has 1 N–H and O–H groups in total. The summed E-state index contributed by atoms with van der Waals surface area (Å²) in [6.07, 6.45) is -4.36. The van der Waals surface area contributed by atoms with Gasteiger partial charge in [-0.25, -0.2) is 0 Å². The van der Waals surface area contributed by atoms with E-state index >= 15 is 0 Å². The summed E-state index contributed by atoms with van der Waals surface area (Å²) >= 11 is 0. The summed E-state index contributed by atoms with van der Waals surface area (Å²) in [5.41, 5.74) is 0. The number of esters is 3. The maximum Gasteiger partial charge on any atom is 0.303 e. The number of hydrogen-bond acceptors (Lipinski definition) is 9. The van der Waals surface area contributed by atoms with Gasteiger partial charge in [-0.15, -0.1) is 0 Å². The Morgan fingerprint density at radius 3 is 2.13 bits per heavy atom. The van der Waals surface area contributed by atoms with Crippen molar-refractivity contribution >= 4 is 28.7 Å². The number of hydrogen-bond donors (Lipinski definition) is 1. The van der Waals surface area contributed by atoms with Crippen LogP contribution in [0, 0.1) is 0 Å². The van der Waals surface area contributed by atoms with Crippen LogP contribution in [-0.4, -0.2) is 54.2 Å². The standard InChI is InChI=1S/C21H22O9/c1-11(22)26-10-18-19(27-12(2)23)20(28-13(3)24)21(30-18)29-17-9-15-7-5-4-6-14(15)8-16(17)25/h4-9,18-21,25H,10H2,1-3H3/t18-,19+,20?,21-/m1/s1. The summed E-state index contributed by atoms with van der Waals surface area (Å²) < 4.78 is 27.1. The van der Waals surface area contributed by atoms with Crippen LogP contribution in [0.1, 0.15) is 20.8 Å². The number of aromatic hydroxyl groups is 1. The third-order valence-corrected chi connectivity index (χ3v) is 4.39. The Hall–Kier alpha value is -3.33. The smallest absolute Gasteiger partial charge is 0.303 e. The van der Waals surface area contributed by atoms with E-state index in [9.17, 15) is 19.5 Å². The molecule has 0 spiro atoms. The van der Waals surface area contributed by atoms with Gasteiger partial charge in [-0.3, -0.25) is 14.4 Å². The van der Waals surface area contributed by atoms with Gasteiger partial charge in [0.25, 0.3) is 0 Å². The Morgan fingerprint density at radius 1 is 0.933 bits per heavy atom. The summed E-state index contributed by atoms with van der Waals surface area (Å²) in [4.78, 5) is 34.4. The van der Waals surface area contributed by atoms with Crippen LogP contribution in [0.5, 0.6) is 11.5 Å². The van der Waals surface area contributed by atoms with Gasteiger partial charge >= 0.3 is 17.9 Å². The lowest BCUT2D eigenvalue weighted by Crippen LogP contribution is -2.42. The normalized spacial score (nSPS) is 23.0. The van der Waals surface area contributed by atoms with Crippen LogP contribution in [0.25, 0.3) is 10.8 Å². The predicted octanol–water partition coefficient (Wildman–Crippen LogP) is 2.08. The van der Waals surface area contributed by atoms with Gasteiger partial charge in [0.1, 0.15) is 12.7 Å². The van der Waals surface area contributed by atoms with Gasteiger partial charge in [0.05, 0.1) is 0 Å². The molecule has 9 nitrogen and oxygen atoms in total. The number of rotatable bonds is 6. The molecular weight excluding hydrogens is 396 g/mol. The van der Waals surface area contributed by atoms with Gasteiger partial charge in [0, 0.05) is 20.8 Å². The minimum absolute atomic E-state index is 0.0885. The van der Waals surface area contributed by atoms with Crippen molar-refractivity contribution in [2.24, 2.45) is 0 Å². The zero-order valence-corrected chi connectivity index (χ0v) is 16.7. The van der Waals surface area contributed by atoms with Crippen molar-refractivity contribution in [2.75, 3.05) is 6.61 Å². The molecule has 0 amide bonds. The first kappa shape index (κ1) is 21.4. The fraction of sp³-hybridized carbons (Fsp3) is 0.381. The van der Waals surface area contributed by atoms with Crippen molar-refractivity contribution in [3.63, 3.8) is 0 Å². The SMILES string of the molecule is CC(=O)OC[C@H]1O[C@@H](Oc2cc3ccccc3cc2O)C(OC(C)=O)[C@H]1OC(C)=O. The molecule has 4 atom stereocenters. The topological polar surface area (TPSA) is 118 Å². The number of carbonyl (C=O) groups is 3. The van der Waals surface area contributed by atoms with Crippen LogP contribution >= 0.6 is 0 Å². The predicted molar refractivity (Wildman–Crippen MR) is 103 cm³/mol. The molecule has 2 aromatic rings. The van der Waals surface area contributed by atoms with Gasteiger partial charge in [0.15, 0.2) is 17.6 Å². The summed E-state index contributed by atoms with van der Waals surface area (Å²) in [5, 5.41) is 12.0. The second-order valence-electron chi connectivity index (χ2n) is 6.78. The largest absolute Gasteiger partial charge is 0.504 e. The van der Waals surface area contributed by atoms with Crippen molar-refractivity contribution in [3.05, 3.63) is 36.4 Å². The minimum atomic E-state index is -1.22. The first-order chi connectivity index (χ1) is 14.2. The van der Waals surface area contributed by atoms with E-state index in [-0.39, 0.29) is 18.1 Å². The molecule has 0 saturated carbocycles. The number of phenols is 1. The third kappa shape index (κ3) is 4.98. The molecule has 1 unspecified atom stereocenters. The van der Waals surface area contributed by atoms with E-state index in [4.69, 9.17) is 23.7 Å². The molecule has 160 valence electrons. The number of ether oxygens (including phenoxy) is 5. The van der Waals surface area contributed by atoms with Crippen LogP contribution in [0.2, 0.25) is 0 Å². The van der Waals surface area contributed by atoms with Crippen molar-refractivity contribution in [1.29, 1.82) is 0 Å². The van der Waals surface area contributed by atoms with Gasteiger partial charge in [-0.1, -0.05) is 24.3 Å². The summed E-state index contributed by atoms with van der Waals surface area (Å²) in [6, 6.07) is 10.5. The maximum atomic E-state index is 11.6. The summed E-state index contributed by atoms with van der Waals surface area (Å²) in [6.45, 7) is 3.36. The Balaban J connectivity index is 1.90. The minimum Gasteiger partial charge on any atom is -0.504 e. The average molecular weight is 418 g/mol. The maximum absolute atomic E-state index is 11.6. The summed E-state index contributed by atoms with van der Waals surface area (Å²) in [5.74, 6) is -1.90. The number of benzene rings is 2. The Bertz CT molecular complexity index is 955. The van der Waals surface area contributed by atoms with E-state index in [0.29, 0.717) is 0 Å². The molecular formula is C21H22O9. The molecule has 0 aromatic heterocycles. The zero-order chi connectivity index (χ0) is 21.8. The molecule has 1 aliphatic rings. The second-order valence-corrected chi connectivity index (χ2v) is 6.78. The first-order valence-electron chi connectivity index (χ1n) is 9.26. The number of phenolic OH excluding ortho intramolecular Hbond substituents is 1. The van der Waals surface area contributed by atoms with Crippen molar-refractivity contribution in [2.45, 2.75) is 45.4 Å². The molecule has 30 heavy (non-hydrogen) atoms. The van der Waals surface area contributed by atoms with Crippen molar-refractivity contribution < 1.29 is 43.2 Å². The molecule has 9 heteroatoms. The van der Waals surface area contributed by atoms with E-state index < -0.39 is 42.5 Å². The highest BCUT2D eigenvalue weighted by atomic mass is 16.7. The molecule has 1 fully saturated rings. The molecule has 0 aliphatic carbocycles. The van der Waals surface area contributed by atoms with Gasteiger partial charge in [-0.05, 0) is 22.9 Å². The fourth-order valence-corrected chi connectivity index (χ4v) is 3.20. The van der Waals surface area contributed by atoms with Crippen molar-refractivity contribution in [3.8, 4) is 11.5 Å². The highest BCUT2D eigenvalue weighted by Crippen LogP contribution is 2.36. The monoisotopic (exact) mass is 418 g/mol. The van der Waals surface area contributed by atoms with Crippen LogP contribution < -0.4 is 4.74 Å². The molecule has 2 aromatic carbocycles. The highest BCUT2D eigenvalue weighted by molar-refractivity contribution is 5.85. The van der Waals surface area contributed by atoms with E-state index in [1.54, 1.807) is 6.07 Å². The van der Waals surface area contributed by atoms with Gasteiger partial charge < -0.3 is 28.8 Å². The van der Waals surface area contributed by atoms with E-state index in [1.165, 1.54) is 26.8 Å². The van der Waals surface area contributed by atoms with E-state index in [0.717, 1.165) is 10.8 Å². The van der Waals surface area contributed by atoms with Crippen LogP contribution in [-0.2, 0) is 33.3 Å². The molecule has 0 bridgehead atoms. The second kappa shape index (κ2) is 9.00. The van der Waals surface area contributed by atoms with E-state index in [2.05, 4.69) is 0 Å². The Labute approximate surface area is 172 Å². The lowest BCUT2D eigenvalue weighted by atomic mass is 10.1. The average Bonchev–Trinajstić information content (AvgIpc) is 2.96. The number of carbonyl (C=O) groups excluding carboxylic acids is 3. The lowest BCUT2D eigenvalue weighted by Gasteiger charge is -2.23.